The maximum absolute atomic E-state index is 5.00. The van der Waals surface area contributed by atoms with Crippen molar-refractivity contribution in [2.24, 2.45) is 5.16 Å². The average Bonchev–Trinajstić information content (AvgIpc) is 2.14. The minimum Gasteiger partial charge on any atom is -0.391 e. The summed E-state index contributed by atoms with van der Waals surface area (Å²) in [7, 11) is 0. The Kier molecular flexibility index (Phi) is 4.46. The predicted molar refractivity (Wildman–Crippen MR) is 53.5 cm³/mol. The number of hydrogen-bond acceptors (Lipinski definition) is 2. The minimum absolute atomic E-state index is 0.532. The van der Waals surface area contributed by atoms with Crippen molar-refractivity contribution in [3.8, 4) is 0 Å². The third-order valence-corrected chi connectivity index (χ3v) is 1.58. The summed E-state index contributed by atoms with van der Waals surface area (Å²) < 4.78 is 0. The van der Waals surface area contributed by atoms with Crippen LogP contribution in [0.3, 0.4) is 0 Å². The molecule has 0 N–H and O–H groups in total. The maximum Gasteiger partial charge on any atom is 0.142 e. The van der Waals surface area contributed by atoms with Gasteiger partial charge in [0.1, 0.15) is 6.61 Å². The van der Waals surface area contributed by atoms with Crippen molar-refractivity contribution >= 4 is 22.1 Å². The molecule has 64 valence electrons. The molecule has 2 nitrogen and oxygen atoms in total. The van der Waals surface area contributed by atoms with E-state index >= 15 is 0 Å². The van der Waals surface area contributed by atoms with Gasteiger partial charge in [-0.05, 0) is 5.56 Å². The standard InChI is InChI=1S/C9H10BrNO/c10-6-7-11-12-8-9-4-2-1-3-5-9/h1-5,7H,6,8H2/b11-7+. The lowest BCUT2D eigenvalue weighted by molar-refractivity contribution is 0.132. The third-order valence-electron chi connectivity index (χ3n) is 1.29. The van der Waals surface area contributed by atoms with E-state index in [0.29, 0.717) is 6.61 Å². The van der Waals surface area contributed by atoms with Gasteiger partial charge in [0.15, 0.2) is 0 Å². The molecule has 0 saturated heterocycles. The van der Waals surface area contributed by atoms with Crippen LogP contribution in [0.15, 0.2) is 35.5 Å². The molecule has 3 heteroatoms. The predicted octanol–water partition coefficient (Wildman–Crippen LogP) is 2.58. The zero-order valence-electron chi connectivity index (χ0n) is 6.61. The molecule has 1 aromatic carbocycles. The van der Waals surface area contributed by atoms with E-state index in [2.05, 4.69) is 21.1 Å². The number of alkyl halides is 1. The number of rotatable bonds is 4. The summed E-state index contributed by atoms with van der Waals surface area (Å²) in [6, 6.07) is 9.94. The summed E-state index contributed by atoms with van der Waals surface area (Å²) in [5, 5.41) is 4.44. The molecule has 12 heavy (non-hydrogen) atoms. The molecule has 0 bridgehead atoms. The fourth-order valence-electron chi connectivity index (χ4n) is 0.767. The fourth-order valence-corrected chi connectivity index (χ4v) is 0.885. The lowest BCUT2D eigenvalue weighted by atomic mass is 10.2. The highest BCUT2D eigenvalue weighted by molar-refractivity contribution is 9.09. The van der Waals surface area contributed by atoms with Gasteiger partial charge in [-0.1, -0.05) is 51.4 Å². The van der Waals surface area contributed by atoms with Crippen LogP contribution in [-0.4, -0.2) is 11.5 Å². The fraction of sp³-hybridized carbons (Fsp3) is 0.222. The van der Waals surface area contributed by atoms with E-state index in [0.717, 1.165) is 10.9 Å². The van der Waals surface area contributed by atoms with Crippen LogP contribution in [0.2, 0.25) is 0 Å². The second-order valence-electron chi connectivity index (χ2n) is 2.20. The van der Waals surface area contributed by atoms with Crippen LogP contribution in [0.25, 0.3) is 0 Å². The zero-order valence-corrected chi connectivity index (χ0v) is 8.20. The highest BCUT2D eigenvalue weighted by Crippen LogP contribution is 1.99. The van der Waals surface area contributed by atoms with Crippen molar-refractivity contribution in [2.45, 2.75) is 6.61 Å². The van der Waals surface area contributed by atoms with Crippen LogP contribution in [0, 0.1) is 0 Å². The topological polar surface area (TPSA) is 21.6 Å². The van der Waals surface area contributed by atoms with Gasteiger partial charge in [0.2, 0.25) is 0 Å². The van der Waals surface area contributed by atoms with Gasteiger partial charge in [-0.3, -0.25) is 0 Å². The van der Waals surface area contributed by atoms with E-state index in [-0.39, 0.29) is 0 Å². The van der Waals surface area contributed by atoms with E-state index in [9.17, 15) is 0 Å². The molecule has 1 aromatic rings. The van der Waals surface area contributed by atoms with Crippen LogP contribution in [0.1, 0.15) is 5.56 Å². The normalized spacial score (nSPS) is 10.4. The van der Waals surface area contributed by atoms with Crippen LogP contribution >= 0.6 is 15.9 Å². The number of benzene rings is 1. The molecule has 0 aromatic heterocycles. The van der Waals surface area contributed by atoms with Crippen LogP contribution in [0.4, 0.5) is 0 Å². The van der Waals surface area contributed by atoms with E-state index in [4.69, 9.17) is 4.84 Å². The van der Waals surface area contributed by atoms with Crippen LogP contribution in [-0.2, 0) is 11.4 Å². The summed E-state index contributed by atoms with van der Waals surface area (Å²) >= 11 is 3.21. The first-order valence-electron chi connectivity index (χ1n) is 3.67. The van der Waals surface area contributed by atoms with Crippen molar-refractivity contribution in [3.05, 3.63) is 35.9 Å². The molecule has 0 fully saturated rings. The lowest BCUT2D eigenvalue weighted by Gasteiger charge is -1.97. The largest absolute Gasteiger partial charge is 0.391 e. The van der Waals surface area contributed by atoms with Gasteiger partial charge < -0.3 is 4.84 Å². The number of hydrogen-bond donors (Lipinski definition) is 0. The van der Waals surface area contributed by atoms with E-state index in [1.54, 1.807) is 6.21 Å². The van der Waals surface area contributed by atoms with Crippen molar-refractivity contribution in [2.75, 3.05) is 5.33 Å². The molecule has 0 aliphatic rings. The lowest BCUT2D eigenvalue weighted by Crippen LogP contribution is -1.86. The Labute approximate surface area is 80.4 Å². The van der Waals surface area contributed by atoms with E-state index in [1.807, 2.05) is 30.3 Å². The smallest absolute Gasteiger partial charge is 0.142 e. The van der Waals surface area contributed by atoms with Crippen LogP contribution in [0.5, 0.6) is 0 Å². The van der Waals surface area contributed by atoms with Gasteiger partial charge in [0, 0.05) is 5.33 Å². The number of nitrogens with zero attached hydrogens (tertiary/aromatic N) is 1. The summed E-state index contributed by atoms with van der Waals surface area (Å²) in [5.41, 5.74) is 1.13. The summed E-state index contributed by atoms with van der Waals surface area (Å²) in [6.45, 7) is 0.532. The third kappa shape index (κ3) is 3.53. The summed E-state index contributed by atoms with van der Waals surface area (Å²) in [4.78, 5) is 5.00. The molecule has 0 heterocycles. The molecule has 0 radical (unpaired) electrons. The van der Waals surface area contributed by atoms with Gasteiger partial charge in [-0.2, -0.15) is 0 Å². The van der Waals surface area contributed by atoms with E-state index in [1.165, 1.54) is 0 Å². The molecular formula is C9H10BrNO. The Morgan fingerprint density at radius 1 is 1.33 bits per heavy atom. The zero-order chi connectivity index (χ0) is 8.65. The van der Waals surface area contributed by atoms with Crippen molar-refractivity contribution < 1.29 is 4.84 Å². The Morgan fingerprint density at radius 3 is 2.75 bits per heavy atom. The van der Waals surface area contributed by atoms with Gasteiger partial charge in [-0.25, -0.2) is 0 Å². The Bertz CT molecular complexity index is 236. The molecule has 0 aliphatic carbocycles. The Balaban J connectivity index is 2.29. The first kappa shape index (κ1) is 9.26. The monoisotopic (exact) mass is 227 g/mol. The van der Waals surface area contributed by atoms with Gasteiger partial charge in [0.05, 0.1) is 6.21 Å². The Morgan fingerprint density at radius 2 is 2.08 bits per heavy atom. The highest BCUT2D eigenvalue weighted by atomic mass is 79.9. The molecule has 0 saturated carbocycles. The van der Waals surface area contributed by atoms with Crippen LogP contribution < -0.4 is 0 Å². The molecule has 0 unspecified atom stereocenters. The summed E-state index contributed by atoms with van der Waals surface area (Å²) in [5.74, 6) is 0. The SMILES string of the molecule is BrC/C=N/OCc1ccccc1. The molecule has 0 atom stereocenters. The number of halogens is 1. The van der Waals surface area contributed by atoms with E-state index < -0.39 is 0 Å². The quantitative estimate of drug-likeness (QED) is 0.441. The van der Waals surface area contributed by atoms with Gasteiger partial charge in [0.25, 0.3) is 0 Å². The molecule has 0 spiro atoms. The second kappa shape index (κ2) is 5.77. The average molecular weight is 228 g/mol. The molecular weight excluding hydrogens is 218 g/mol. The number of oxime groups is 1. The minimum atomic E-state index is 0.532. The molecule has 0 amide bonds. The van der Waals surface area contributed by atoms with Gasteiger partial charge >= 0.3 is 0 Å². The molecule has 0 aliphatic heterocycles. The Hall–Kier alpha value is -0.830. The van der Waals surface area contributed by atoms with Crippen molar-refractivity contribution in [1.29, 1.82) is 0 Å². The highest BCUT2D eigenvalue weighted by Gasteiger charge is 1.87. The van der Waals surface area contributed by atoms with Crippen molar-refractivity contribution in [1.82, 2.24) is 0 Å². The molecule has 1 rings (SSSR count). The van der Waals surface area contributed by atoms with Crippen molar-refractivity contribution in [3.63, 3.8) is 0 Å². The first-order chi connectivity index (χ1) is 5.93. The first-order valence-corrected chi connectivity index (χ1v) is 4.79. The maximum atomic E-state index is 5.00. The second-order valence-corrected chi connectivity index (χ2v) is 2.85. The van der Waals surface area contributed by atoms with Gasteiger partial charge in [-0.15, -0.1) is 0 Å². The summed E-state index contributed by atoms with van der Waals surface area (Å²) in [6.07, 6.45) is 1.67.